The molecule has 0 aliphatic rings. The van der Waals surface area contributed by atoms with Gasteiger partial charge in [0.1, 0.15) is 4.70 Å². The lowest BCUT2D eigenvalue weighted by atomic mass is 10.2. The van der Waals surface area contributed by atoms with E-state index in [0.717, 1.165) is 4.68 Å². The standard InChI is InChI=1S/C20H14N4O4S2/c25-18(14-6-2-1-3-7-14)22-23-19(26)17-16(9-10-29-17)21-20(23)30-12-13-5-4-8-15(11-13)24(27)28/h1-11H,12H2,(H,22,25). The zero-order valence-electron chi connectivity index (χ0n) is 15.3. The Morgan fingerprint density at radius 1 is 1.17 bits per heavy atom. The Balaban J connectivity index is 1.67. The van der Waals surface area contributed by atoms with Crippen LogP contribution in [0, 0.1) is 10.1 Å². The number of thiophene rings is 1. The molecule has 2 aromatic heterocycles. The Labute approximate surface area is 178 Å². The van der Waals surface area contributed by atoms with Crippen molar-refractivity contribution < 1.29 is 9.72 Å². The maximum absolute atomic E-state index is 12.9. The van der Waals surface area contributed by atoms with Crippen molar-refractivity contribution in [3.05, 3.63) is 97.6 Å². The summed E-state index contributed by atoms with van der Waals surface area (Å²) < 4.78 is 1.57. The number of thioether (sulfide) groups is 1. The van der Waals surface area contributed by atoms with Crippen molar-refractivity contribution in [1.82, 2.24) is 9.66 Å². The molecule has 150 valence electrons. The summed E-state index contributed by atoms with van der Waals surface area (Å²) in [6.07, 6.45) is 0. The highest BCUT2D eigenvalue weighted by Gasteiger charge is 2.16. The fraction of sp³-hybridized carbons (Fsp3) is 0.0500. The highest BCUT2D eigenvalue weighted by Crippen LogP contribution is 2.25. The molecule has 1 N–H and O–H groups in total. The Kier molecular flexibility index (Phi) is 5.59. The first-order valence-corrected chi connectivity index (χ1v) is 10.6. The van der Waals surface area contributed by atoms with Crippen LogP contribution in [0.1, 0.15) is 15.9 Å². The van der Waals surface area contributed by atoms with E-state index in [0.29, 0.717) is 32.3 Å². The molecular weight excluding hydrogens is 424 g/mol. The van der Waals surface area contributed by atoms with E-state index >= 15 is 0 Å². The number of rotatable bonds is 6. The number of amides is 1. The average Bonchev–Trinajstić information content (AvgIpc) is 3.24. The predicted octanol–water partition coefficient (Wildman–Crippen LogP) is 4.04. The van der Waals surface area contributed by atoms with Crippen LogP contribution in [-0.4, -0.2) is 20.5 Å². The molecule has 0 atom stereocenters. The molecule has 0 aliphatic carbocycles. The number of nitro groups is 1. The van der Waals surface area contributed by atoms with Gasteiger partial charge in [0.15, 0.2) is 5.16 Å². The van der Waals surface area contributed by atoms with Gasteiger partial charge in [-0.15, -0.1) is 11.3 Å². The largest absolute Gasteiger partial charge is 0.291 e. The third kappa shape index (κ3) is 4.09. The lowest BCUT2D eigenvalue weighted by molar-refractivity contribution is -0.384. The number of carbonyl (C=O) groups excluding carboxylic acids is 1. The summed E-state index contributed by atoms with van der Waals surface area (Å²) in [5.41, 5.74) is 3.89. The number of carbonyl (C=O) groups is 1. The molecule has 2 heterocycles. The number of nitro benzene ring substituents is 1. The van der Waals surface area contributed by atoms with Crippen LogP contribution in [0.5, 0.6) is 0 Å². The molecule has 10 heteroatoms. The molecule has 0 saturated heterocycles. The Morgan fingerprint density at radius 2 is 1.97 bits per heavy atom. The van der Waals surface area contributed by atoms with Crippen LogP contribution < -0.4 is 11.0 Å². The van der Waals surface area contributed by atoms with Gasteiger partial charge in [-0.05, 0) is 29.1 Å². The predicted molar refractivity (Wildman–Crippen MR) is 117 cm³/mol. The summed E-state index contributed by atoms with van der Waals surface area (Å²) in [4.78, 5) is 40.6. The van der Waals surface area contributed by atoms with Crippen LogP contribution in [0.2, 0.25) is 0 Å². The highest BCUT2D eigenvalue weighted by molar-refractivity contribution is 7.98. The van der Waals surface area contributed by atoms with E-state index in [-0.39, 0.29) is 11.2 Å². The van der Waals surface area contributed by atoms with Crippen LogP contribution in [0.3, 0.4) is 0 Å². The molecule has 4 aromatic rings. The van der Waals surface area contributed by atoms with Gasteiger partial charge in [0.2, 0.25) is 0 Å². The number of hydrogen-bond acceptors (Lipinski definition) is 7. The van der Waals surface area contributed by atoms with Crippen molar-refractivity contribution in [2.24, 2.45) is 0 Å². The second kappa shape index (κ2) is 8.47. The third-order valence-electron chi connectivity index (χ3n) is 4.19. The summed E-state index contributed by atoms with van der Waals surface area (Å²) in [7, 11) is 0. The van der Waals surface area contributed by atoms with Gasteiger partial charge in [-0.3, -0.25) is 25.1 Å². The van der Waals surface area contributed by atoms with Crippen molar-refractivity contribution in [2.75, 3.05) is 5.43 Å². The van der Waals surface area contributed by atoms with Gasteiger partial charge in [-0.2, -0.15) is 4.68 Å². The van der Waals surface area contributed by atoms with Crippen LogP contribution in [0.25, 0.3) is 10.2 Å². The minimum Gasteiger partial charge on any atom is -0.267 e. The molecule has 0 bridgehead atoms. The molecule has 1 amide bonds. The third-order valence-corrected chi connectivity index (χ3v) is 6.09. The van der Waals surface area contributed by atoms with Crippen LogP contribution >= 0.6 is 23.1 Å². The molecule has 0 unspecified atom stereocenters. The van der Waals surface area contributed by atoms with Crippen LogP contribution in [0.15, 0.2) is 76.0 Å². The number of benzene rings is 2. The van der Waals surface area contributed by atoms with E-state index in [1.807, 2.05) is 0 Å². The molecule has 0 spiro atoms. The lowest BCUT2D eigenvalue weighted by Gasteiger charge is -2.13. The first-order valence-electron chi connectivity index (χ1n) is 8.76. The summed E-state index contributed by atoms with van der Waals surface area (Å²) in [6.45, 7) is 0. The van der Waals surface area contributed by atoms with E-state index in [1.54, 1.807) is 53.9 Å². The number of aromatic nitrogens is 2. The Morgan fingerprint density at radius 3 is 2.73 bits per heavy atom. The van der Waals surface area contributed by atoms with E-state index in [2.05, 4.69) is 10.4 Å². The molecule has 0 radical (unpaired) electrons. The molecule has 0 saturated carbocycles. The summed E-state index contributed by atoms with van der Waals surface area (Å²) in [5.74, 6) is -0.0991. The van der Waals surface area contributed by atoms with Crippen LogP contribution in [0.4, 0.5) is 5.69 Å². The number of hydrogen-bond donors (Lipinski definition) is 1. The fourth-order valence-electron chi connectivity index (χ4n) is 2.75. The topological polar surface area (TPSA) is 107 Å². The molecule has 0 fully saturated rings. The zero-order valence-corrected chi connectivity index (χ0v) is 17.0. The highest BCUT2D eigenvalue weighted by atomic mass is 32.2. The smallest absolute Gasteiger partial charge is 0.267 e. The fourth-order valence-corrected chi connectivity index (χ4v) is 4.41. The molecule has 2 aromatic carbocycles. The van der Waals surface area contributed by atoms with Crippen molar-refractivity contribution in [3.63, 3.8) is 0 Å². The number of nitrogens with one attached hydrogen (secondary N) is 1. The summed E-state index contributed by atoms with van der Waals surface area (Å²) >= 11 is 2.46. The monoisotopic (exact) mass is 438 g/mol. The Hall–Kier alpha value is -3.50. The lowest BCUT2D eigenvalue weighted by Crippen LogP contribution is -2.34. The van der Waals surface area contributed by atoms with Gasteiger partial charge < -0.3 is 0 Å². The first kappa shape index (κ1) is 19.8. The van der Waals surface area contributed by atoms with Gasteiger partial charge in [0.25, 0.3) is 17.2 Å². The molecule has 4 rings (SSSR count). The van der Waals surface area contributed by atoms with E-state index in [9.17, 15) is 19.7 Å². The van der Waals surface area contributed by atoms with Gasteiger partial charge in [-0.1, -0.05) is 42.1 Å². The summed E-state index contributed by atoms with van der Waals surface area (Å²) in [5, 5.41) is 13.0. The van der Waals surface area contributed by atoms with E-state index in [1.165, 1.54) is 35.2 Å². The van der Waals surface area contributed by atoms with E-state index in [4.69, 9.17) is 0 Å². The van der Waals surface area contributed by atoms with Crippen molar-refractivity contribution in [1.29, 1.82) is 0 Å². The van der Waals surface area contributed by atoms with Crippen molar-refractivity contribution in [2.45, 2.75) is 10.9 Å². The van der Waals surface area contributed by atoms with Gasteiger partial charge in [-0.25, -0.2) is 4.98 Å². The molecular formula is C20H14N4O4S2. The second-order valence-electron chi connectivity index (χ2n) is 6.19. The van der Waals surface area contributed by atoms with Crippen molar-refractivity contribution in [3.8, 4) is 0 Å². The molecule has 8 nitrogen and oxygen atoms in total. The minimum atomic E-state index is -0.458. The normalized spacial score (nSPS) is 10.8. The van der Waals surface area contributed by atoms with Crippen LogP contribution in [-0.2, 0) is 5.75 Å². The molecule has 0 aliphatic heterocycles. The van der Waals surface area contributed by atoms with Gasteiger partial charge in [0.05, 0.1) is 10.4 Å². The van der Waals surface area contributed by atoms with E-state index < -0.39 is 10.8 Å². The Bertz CT molecular complexity index is 1300. The maximum atomic E-state index is 12.9. The molecule has 30 heavy (non-hydrogen) atoms. The number of nitrogens with zero attached hydrogens (tertiary/aromatic N) is 3. The minimum absolute atomic E-state index is 0.0101. The second-order valence-corrected chi connectivity index (χ2v) is 8.05. The first-order chi connectivity index (χ1) is 14.5. The van der Waals surface area contributed by atoms with Gasteiger partial charge in [0, 0.05) is 23.4 Å². The maximum Gasteiger partial charge on any atom is 0.291 e. The summed E-state index contributed by atoms with van der Waals surface area (Å²) in [6, 6.07) is 16.5. The number of non-ortho nitro benzene ring substituents is 1. The quantitative estimate of drug-likeness (QED) is 0.211. The number of fused-ring (bicyclic) bond motifs is 1. The van der Waals surface area contributed by atoms with Crippen molar-refractivity contribution >= 4 is 44.9 Å². The SMILES string of the molecule is O=C(Nn1c(SCc2cccc([N+](=O)[O-])c2)nc2ccsc2c1=O)c1ccccc1. The average molecular weight is 438 g/mol. The zero-order chi connectivity index (χ0) is 21.1. The van der Waals surface area contributed by atoms with Gasteiger partial charge >= 0.3 is 0 Å².